The molecule has 1 saturated carbocycles. The first-order chi connectivity index (χ1) is 10.2. The van der Waals surface area contributed by atoms with Gasteiger partial charge in [-0.15, -0.1) is 0 Å². The van der Waals surface area contributed by atoms with Crippen molar-refractivity contribution >= 4 is 17.3 Å². The molecule has 1 fully saturated rings. The van der Waals surface area contributed by atoms with Crippen LogP contribution in [-0.4, -0.2) is 16.9 Å². The van der Waals surface area contributed by atoms with E-state index >= 15 is 0 Å². The summed E-state index contributed by atoms with van der Waals surface area (Å²) in [5.74, 6) is -0.183. The minimum atomic E-state index is -0.183. The molecule has 4 heteroatoms. The van der Waals surface area contributed by atoms with Gasteiger partial charge >= 0.3 is 0 Å². The Labute approximate surface area is 124 Å². The van der Waals surface area contributed by atoms with Crippen LogP contribution in [0.3, 0.4) is 0 Å². The van der Waals surface area contributed by atoms with Crippen LogP contribution >= 0.6 is 0 Å². The van der Waals surface area contributed by atoms with Gasteiger partial charge in [-0.3, -0.25) is 4.79 Å². The zero-order chi connectivity index (χ0) is 14.7. The van der Waals surface area contributed by atoms with Crippen LogP contribution in [-0.2, 0) is 6.42 Å². The molecule has 4 nitrogen and oxygen atoms in total. The Kier molecular flexibility index (Phi) is 3.86. The minimum Gasteiger partial charge on any atom is -0.381 e. The molecule has 0 radical (unpaired) electrons. The largest absolute Gasteiger partial charge is 0.381 e. The molecule has 1 aromatic heterocycles. The number of pyridine rings is 1. The lowest BCUT2D eigenvalue weighted by Crippen LogP contribution is -2.13. The zero-order valence-electron chi connectivity index (χ0n) is 12.1. The summed E-state index contributed by atoms with van der Waals surface area (Å²) in [5.41, 5.74) is 3.44. The third kappa shape index (κ3) is 3.60. The smallest absolute Gasteiger partial charge is 0.274 e. The molecule has 1 aliphatic carbocycles. The lowest BCUT2D eigenvalue weighted by atomic mass is 10.1. The van der Waals surface area contributed by atoms with Crippen LogP contribution in [0.5, 0.6) is 0 Å². The number of hydrogen-bond donors (Lipinski definition) is 2. The van der Waals surface area contributed by atoms with Crippen LogP contribution in [0.15, 0.2) is 42.6 Å². The van der Waals surface area contributed by atoms with Gasteiger partial charge in [-0.1, -0.05) is 19.1 Å². The van der Waals surface area contributed by atoms with Crippen molar-refractivity contribution in [2.45, 2.75) is 32.2 Å². The van der Waals surface area contributed by atoms with E-state index in [0.717, 1.165) is 17.8 Å². The number of amides is 1. The summed E-state index contributed by atoms with van der Waals surface area (Å²) in [6.45, 7) is 2.11. The number of aryl methyl sites for hydroxylation is 1. The summed E-state index contributed by atoms with van der Waals surface area (Å²) >= 11 is 0. The highest BCUT2D eigenvalue weighted by Gasteiger charge is 2.20. The van der Waals surface area contributed by atoms with Crippen LogP contribution in [0.25, 0.3) is 0 Å². The molecular formula is C17H19N3O. The summed E-state index contributed by atoms with van der Waals surface area (Å²) in [7, 11) is 0. The number of hydrogen-bond acceptors (Lipinski definition) is 3. The van der Waals surface area contributed by atoms with Crippen molar-refractivity contribution in [3.8, 4) is 0 Å². The Morgan fingerprint density at radius 1 is 1.14 bits per heavy atom. The minimum absolute atomic E-state index is 0.183. The van der Waals surface area contributed by atoms with E-state index in [0.29, 0.717) is 11.7 Å². The Balaban J connectivity index is 1.63. The molecule has 108 valence electrons. The predicted molar refractivity (Wildman–Crippen MR) is 84.7 cm³/mol. The van der Waals surface area contributed by atoms with Gasteiger partial charge in [0.05, 0.1) is 11.9 Å². The van der Waals surface area contributed by atoms with Gasteiger partial charge in [0, 0.05) is 11.7 Å². The van der Waals surface area contributed by atoms with E-state index in [1.54, 1.807) is 12.3 Å². The first-order valence-corrected chi connectivity index (χ1v) is 7.37. The highest BCUT2D eigenvalue weighted by Crippen LogP contribution is 2.24. The van der Waals surface area contributed by atoms with Gasteiger partial charge in [0.15, 0.2) is 0 Å². The molecule has 0 unspecified atom stereocenters. The van der Waals surface area contributed by atoms with Crippen molar-refractivity contribution in [1.82, 2.24) is 4.98 Å². The maximum atomic E-state index is 12.1. The molecular weight excluding hydrogens is 262 g/mol. The van der Waals surface area contributed by atoms with Gasteiger partial charge in [-0.05, 0) is 49.1 Å². The molecule has 0 bridgehead atoms. The fourth-order valence-electron chi connectivity index (χ4n) is 2.10. The Morgan fingerprint density at radius 2 is 1.86 bits per heavy atom. The second-order valence-electron chi connectivity index (χ2n) is 5.36. The van der Waals surface area contributed by atoms with Crippen LogP contribution < -0.4 is 10.6 Å². The average molecular weight is 281 g/mol. The summed E-state index contributed by atoms with van der Waals surface area (Å²) in [6.07, 6.45) is 5.14. The molecule has 2 N–H and O–H groups in total. The number of nitrogens with one attached hydrogen (secondary N) is 2. The predicted octanol–water partition coefficient (Wildman–Crippen LogP) is 3.47. The second kappa shape index (κ2) is 5.95. The van der Waals surface area contributed by atoms with Gasteiger partial charge in [0.2, 0.25) is 0 Å². The fraction of sp³-hybridized carbons (Fsp3) is 0.294. The van der Waals surface area contributed by atoms with Crippen LogP contribution in [0, 0.1) is 0 Å². The maximum Gasteiger partial charge on any atom is 0.274 e. The number of nitrogens with zero attached hydrogens (tertiary/aromatic N) is 1. The Hall–Kier alpha value is -2.36. The first-order valence-electron chi connectivity index (χ1n) is 7.37. The number of anilines is 2. The van der Waals surface area contributed by atoms with Gasteiger partial charge in [0.1, 0.15) is 5.69 Å². The molecule has 0 saturated heterocycles. The van der Waals surface area contributed by atoms with Crippen molar-refractivity contribution in [2.24, 2.45) is 0 Å². The van der Waals surface area contributed by atoms with E-state index < -0.39 is 0 Å². The monoisotopic (exact) mass is 281 g/mol. The van der Waals surface area contributed by atoms with E-state index in [2.05, 4.69) is 22.5 Å². The van der Waals surface area contributed by atoms with Gasteiger partial charge in [-0.25, -0.2) is 4.98 Å². The van der Waals surface area contributed by atoms with Gasteiger partial charge in [0.25, 0.3) is 5.91 Å². The molecule has 0 atom stereocenters. The van der Waals surface area contributed by atoms with Crippen LogP contribution in [0.2, 0.25) is 0 Å². The van der Waals surface area contributed by atoms with Gasteiger partial charge < -0.3 is 10.6 Å². The van der Waals surface area contributed by atoms with Gasteiger partial charge in [-0.2, -0.15) is 0 Å². The maximum absolute atomic E-state index is 12.1. The van der Waals surface area contributed by atoms with Crippen molar-refractivity contribution in [1.29, 1.82) is 0 Å². The Bertz CT molecular complexity index is 615. The molecule has 1 aromatic carbocycles. The first kappa shape index (κ1) is 13.6. The summed E-state index contributed by atoms with van der Waals surface area (Å²) < 4.78 is 0. The molecule has 3 rings (SSSR count). The van der Waals surface area contributed by atoms with E-state index in [-0.39, 0.29) is 5.91 Å². The van der Waals surface area contributed by atoms with E-state index in [4.69, 9.17) is 0 Å². The lowest BCUT2D eigenvalue weighted by Gasteiger charge is -2.07. The average Bonchev–Trinajstić information content (AvgIpc) is 3.33. The highest BCUT2D eigenvalue weighted by atomic mass is 16.1. The number of aromatic nitrogens is 1. The number of carbonyl (C=O) groups is 1. The third-order valence-electron chi connectivity index (χ3n) is 3.56. The van der Waals surface area contributed by atoms with Crippen molar-refractivity contribution in [3.63, 3.8) is 0 Å². The summed E-state index contributed by atoms with van der Waals surface area (Å²) in [4.78, 5) is 16.3. The molecule has 2 aromatic rings. The van der Waals surface area contributed by atoms with Crippen molar-refractivity contribution in [2.75, 3.05) is 10.6 Å². The molecule has 1 amide bonds. The van der Waals surface area contributed by atoms with E-state index in [1.807, 2.05) is 30.3 Å². The molecule has 0 spiro atoms. The quantitative estimate of drug-likeness (QED) is 0.882. The highest BCUT2D eigenvalue weighted by molar-refractivity contribution is 6.02. The number of rotatable bonds is 5. The molecule has 0 aliphatic heterocycles. The topological polar surface area (TPSA) is 54.0 Å². The lowest BCUT2D eigenvalue weighted by molar-refractivity contribution is 0.102. The van der Waals surface area contributed by atoms with Crippen LogP contribution in [0.4, 0.5) is 11.4 Å². The second-order valence-corrected chi connectivity index (χ2v) is 5.36. The van der Waals surface area contributed by atoms with Crippen molar-refractivity contribution in [3.05, 3.63) is 53.9 Å². The molecule has 1 heterocycles. The standard InChI is InChI=1S/C17H19N3O/c1-2-12-3-5-14(6-4-12)20-17(21)16-10-9-15(11-18-16)19-13-7-8-13/h3-6,9-11,13,19H,2,7-8H2,1H3,(H,20,21). The van der Waals surface area contributed by atoms with Crippen LogP contribution in [0.1, 0.15) is 35.8 Å². The SMILES string of the molecule is CCc1ccc(NC(=O)c2ccc(NC3CC3)cn2)cc1. The fourth-order valence-corrected chi connectivity index (χ4v) is 2.10. The van der Waals surface area contributed by atoms with E-state index in [1.165, 1.54) is 18.4 Å². The van der Waals surface area contributed by atoms with Crippen molar-refractivity contribution < 1.29 is 4.79 Å². The summed E-state index contributed by atoms with van der Waals surface area (Å²) in [6, 6.07) is 12.1. The third-order valence-corrected chi connectivity index (χ3v) is 3.56. The molecule has 21 heavy (non-hydrogen) atoms. The number of benzene rings is 1. The zero-order valence-corrected chi connectivity index (χ0v) is 12.1. The Morgan fingerprint density at radius 3 is 2.43 bits per heavy atom. The normalized spacial score (nSPS) is 13.8. The number of carbonyl (C=O) groups excluding carboxylic acids is 1. The van der Waals surface area contributed by atoms with E-state index in [9.17, 15) is 4.79 Å². The molecule has 1 aliphatic rings. The summed E-state index contributed by atoms with van der Waals surface area (Å²) in [5, 5.41) is 6.21.